The van der Waals surface area contributed by atoms with Crippen molar-refractivity contribution in [1.29, 1.82) is 0 Å². The zero-order chi connectivity index (χ0) is 23.5. The highest BCUT2D eigenvalue weighted by Crippen LogP contribution is 2.44. The van der Waals surface area contributed by atoms with Crippen LogP contribution in [0.4, 0.5) is 18.9 Å². The first-order valence-corrected chi connectivity index (χ1v) is 9.84. The molecule has 1 N–H and O–H groups in total. The molecule has 11 heteroatoms. The molecule has 0 saturated carbocycles. The molecule has 1 amide bonds. The molecule has 0 fully saturated rings. The number of esters is 1. The van der Waals surface area contributed by atoms with Gasteiger partial charge in [-0.25, -0.2) is 0 Å². The summed E-state index contributed by atoms with van der Waals surface area (Å²) in [6.45, 7) is 1.72. The lowest BCUT2D eigenvalue weighted by molar-refractivity contribution is -0.275. The Hall–Kier alpha value is -2.98. The van der Waals surface area contributed by atoms with Crippen LogP contribution >= 0.6 is 11.6 Å². The molecular weight excluding hydrogens is 455 g/mol. The van der Waals surface area contributed by atoms with Crippen molar-refractivity contribution in [3.63, 3.8) is 0 Å². The van der Waals surface area contributed by atoms with Gasteiger partial charge in [-0.3, -0.25) is 9.59 Å². The first-order chi connectivity index (χ1) is 15.1. The van der Waals surface area contributed by atoms with E-state index < -0.39 is 42.6 Å². The molecule has 2 aromatic rings. The topological polar surface area (TPSA) is 83.1 Å². The largest absolute Gasteiger partial charge is 0.573 e. The number of anilines is 1. The number of benzene rings is 2. The van der Waals surface area contributed by atoms with Crippen LogP contribution in [0, 0.1) is 0 Å². The summed E-state index contributed by atoms with van der Waals surface area (Å²) in [6, 6.07) is 8.45. The Morgan fingerprint density at radius 2 is 1.97 bits per heavy atom. The maximum atomic E-state index is 12.9. The Balaban J connectivity index is 2.11. The Morgan fingerprint density at radius 3 is 2.62 bits per heavy atom. The third kappa shape index (κ3) is 5.43. The number of rotatable bonds is 6. The molecule has 1 aliphatic rings. The van der Waals surface area contributed by atoms with Gasteiger partial charge in [0.1, 0.15) is 12.2 Å². The predicted molar refractivity (Wildman–Crippen MR) is 108 cm³/mol. The van der Waals surface area contributed by atoms with Gasteiger partial charge in [0.2, 0.25) is 0 Å². The lowest BCUT2D eigenvalue weighted by Crippen LogP contribution is -2.32. The zero-order valence-corrected chi connectivity index (χ0v) is 17.8. The van der Waals surface area contributed by atoms with Gasteiger partial charge in [-0.2, -0.15) is 0 Å². The summed E-state index contributed by atoms with van der Waals surface area (Å²) in [6.07, 6.45) is -7.77. The number of nitrogens with one attached hydrogen (secondary N) is 1. The van der Waals surface area contributed by atoms with Crippen molar-refractivity contribution < 1.29 is 41.7 Å². The number of ether oxygens (including phenoxy) is 4. The van der Waals surface area contributed by atoms with Gasteiger partial charge in [0.15, 0.2) is 11.5 Å². The van der Waals surface area contributed by atoms with E-state index in [2.05, 4.69) is 10.1 Å². The third-order valence-corrected chi connectivity index (χ3v) is 4.76. The van der Waals surface area contributed by atoms with Gasteiger partial charge >= 0.3 is 12.3 Å². The number of para-hydroxylation sites is 1. The number of halogens is 4. The van der Waals surface area contributed by atoms with E-state index in [1.54, 1.807) is 6.92 Å². The molecule has 0 saturated heterocycles. The molecule has 0 radical (unpaired) electrons. The summed E-state index contributed by atoms with van der Waals surface area (Å²) >= 11 is 6.13. The summed E-state index contributed by atoms with van der Waals surface area (Å²) in [5.41, 5.74) is 0.822. The number of methoxy groups -OCH3 is 1. The second-order valence-electron chi connectivity index (χ2n) is 6.66. The highest BCUT2D eigenvalue weighted by Gasteiger charge is 2.37. The van der Waals surface area contributed by atoms with Crippen molar-refractivity contribution in [3.05, 3.63) is 52.5 Å². The molecular formula is C21H19ClF3NO6. The van der Waals surface area contributed by atoms with Crippen molar-refractivity contribution in [2.45, 2.75) is 31.9 Å². The van der Waals surface area contributed by atoms with E-state index in [1.165, 1.54) is 37.4 Å². The average Bonchev–Trinajstić information content (AvgIpc) is 2.83. The van der Waals surface area contributed by atoms with Crippen LogP contribution < -0.4 is 14.8 Å². The van der Waals surface area contributed by atoms with Gasteiger partial charge in [-0.05, 0) is 31.2 Å². The molecule has 3 rings (SSSR count). The van der Waals surface area contributed by atoms with E-state index >= 15 is 0 Å². The molecule has 0 unspecified atom stereocenters. The second-order valence-corrected chi connectivity index (χ2v) is 7.10. The lowest BCUT2D eigenvalue weighted by Gasteiger charge is -2.24. The van der Waals surface area contributed by atoms with Crippen molar-refractivity contribution in [1.82, 2.24) is 0 Å². The Labute approximate surface area is 186 Å². The number of carbonyl (C=O) groups is 2. The van der Waals surface area contributed by atoms with Crippen molar-refractivity contribution in [2.75, 3.05) is 19.0 Å². The van der Waals surface area contributed by atoms with Crippen LogP contribution in [0.5, 0.6) is 11.5 Å². The summed E-state index contributed by atoms with van der Waals surface area (Å²) in [5.74, 6) is -2.12. The van der Waals surface area contributed by atoms with Crippen LogP contribution in [0.1, 0.15) is 30.6 Å². The highest BCUT2D eigenvalue weighted by molar-refractivity contribution is 6.30. The van der Waals surface area contributed by atoms with Gasteiger partial charge in [-0.15, -0.1) is 13.2 Å². The molecule has 0 aromatic heterocycles. The maximum Gasteiger partial charge on any atom is 0.573 e. The molecule has 172 valence electrons. The molecule has 1 aliphatic heterocycles. The fourth-order valence-corrected chi connectivity index (χ4v) is 3.47. The van der Waals surface area contributed by atoms with E-state index in [9.17, 15) is 22.8 Å². The van der Waals surface area contributed by atoms with Gasteiger partial charge in [0, 0.05) is 21.8 Å². The summed E-state index contributed by atoms with van der Waals surface area (Å²) in [5, 5.41) is 2.96. The number of fused-ring (bicyclic) bond motifs is 1. The minimum Gasteiger partial charge on any atom is -0.492 e. The van der Waals surface area contributed by atoms with Crippen molar-refractivity contribution in [3.8, 4) is 11.5 Å². The van der Waals surface area contributed by atoms with E-state index in [-0.39, 0.29) is 17.9 Å². The number of hydrogen-bond donors (Lipinski definition) is 1. The maximum absolute atomic E-state index is 12.9. The molecule has 7 nitrogen and oxygen atoms in total. The smallest absolute Gasteiger partial charge is 0.492 e. The van der Waals surface area contributed by atoms with Gasteiger partial charge in [0.25, 0.3) is 5.91 Å². The Kier molecular flexibility index (Phi) is 7.15. The lowest BCUT2D eigenvalue weighted by atomic mass is 9.98. The summed E-state index contributed by atoms with van der Waals surface area (Å²) < 4.78 is 58.8. The standard InChI is InChI=1S/C21H19ClF3NO6/c1-3-30-17(27)10-16-20(28)26-14-8-7-11(22)9-13(14)18(31-16)12-5-4-6-15(19(12)29-2)32-21(23,24)25/h4-9,16,18H,3,10H2,1-2H3,(H,26,28)/t16-,18-/m1/s1. The predicted octanol–water partition coefficient (Wildman–Crippen LogP) is 4.63. The summed E-state index contributed by atoms with van der Waals surface area (Å²) in [7, 11) is 1.18. The Bertz CT molecular complexity index is 1010. The first kappa shape index (κ1) is 23.7. The number of amides is 1. The van der Waals surface area contributed by atoms with Crippen LogP contribution in [-0.2, 0) is 19.1 Å². The van der Waals surface area contributed by atoms with E-state index in [0.717, 1.165) is 6.07 Å². The SMILES string of the molecule is CCOC(=O)C[C@H]1O[C@H](c2cccc(OC(F)(F)F)c2OC)c2cc(Cl)ccc2NC1=O. The average molecular weight is 474 g/mol. The molecule has 0 bridgehead atoms. The monoisotopic (exact) mass is 473 g/mol. The number of alkyl halides is 3. The van der Waals surface area contributed by atoms with Crippen LogP contribution in [0.2, 0.25) is 5.02 Å². The number of hydrogen-bond acceptors (Lipinski definition) is 6. The molecule has 0 aliphatic carbocycles. The third-order valence-electron chi connectivity index (χ3n) is 4.53. The van der Waals surface area contributed by atoms with Crippen molar-refractivity contribution >= 4 is 29.2 Å². The van der Waals surface area contributed by atoms with Crippen LogP contribution in [0.15, 0.2) is 36.4 Å². The minimum absolute atomic E-state index is 0.108. The van der Waals surface area contributed by atoms with Crippen LogP contribution in [0.25, 0.3) is 0 Å². The fraction of sp³-hybridized carbons (Fsp3) is 0.333. The molecule has 2 aromatic carbocycles. The van der Waals surface area contributed by atoms with Crippen molar-refractivity contribution in [2.24, 2.45) is 0 Å². The zero-order valence-electron chi connectivity index (χ0n) is 17.0. The number of carbonyl (C=O) groups excluding carboxylic acids is 2. The van der Waals surface area contributed by atoms with Gasteiger partial charge in [-0.1, -0.05) is 23.7 Å². The fourth-order valence-electron chi connectivity index (χ4n) is 3.29. The molecule has 0 spiro atoms. The van der Waals surface area contributed by atoms with Gasteiger partial charge in [0.05, 0.1) is 20.1 Å². The normalized spacial score (nSPS) is 18.2. The van der Waals surface area contributed by atoms with Crippen LogP contribution in [-0.4, -0.2) is 38.1 Å². The van der Waals surface area contributed by atoms with E-state index in [4.69, 9.17) is 25.8 Å². The second kappa shape index (κ2) is 9.66. The summed E-state index contributed by atoms with van der Waals surface area (Å²) in [4.78, 5) is 24.7. The quantitative estimate of drug-likeness (QED) is 0.616. The van der Waals surface area contributed by atoms with Gasteiger partial charge < -0.3 is 24.3 Å². The first-order valence-electron chi connectivity index (χ1n) is 9.47. The molecule has 1 heterocycles. The molecule has 32 heavy (non-hydrogen) atoms. The van der Waals surface area contributed by atoms with Crippen LogP contribution in [0.3, 0.4) is 0 Å². The Morgan fingerprint density at radius 1 is 1.22 bits per heavy atom. The van der Waals surface area contributed by atoms with E-state index in [0.29, 0.717) is 16.3 Å². The molecule has 2 atom stereocenters. The highest BCUT2D eigenvalue weighted by atomic mass is 35.5. The minimum atomic E-state index is -4.96. The van der Waals surface area contributed by atoms with E-state index in [1.807, 2.05) is 0 Å².